The van der Waals surface area contributed by atoms with E-state index in [1.807, 2.05) is 7.05 Å². The van der Waals surface area contributed by atoms with Gasteiger partial charge in [0.2, 0.25) is 0 Å². The summed E-state index contributed by atoms with van der Waals surface area (Å²) in [5.74, 6) is 1.04. The van der Waals surface area contributed by atoms with Crippen molar-refractivity contribution in [2.45, 2.75) is 20.4 Å². The summed E-state index contributed by atoms with van der Waals surface area (Å²) < 4.78 is 5.81. The van der Waals surface area contributed by atoms with Crippen molar-refractivity contribution in [1.29, 1.82) is 0 Å². The van der Waals surface area contributed by atoms with Crippen LogP contribution in [0.1, 0.15) is 16.9 Å². The monoisotopic (exact) mass is 189 g/mol. The predicted molar refractivity (Wildman–Crippen MR) is 58.5 cm³/mol. The summed E-state index contributed by atoms with van der Waals surface area (Å²) in [7, 11) is 1.93. The zero-order valence-corrected chi connectivity index (χ0v) is 8.85. The molecule has 2 nitrogen and oxygen atoms in total. The van der Waals surface area contributed by atoms with Gasteiger partial charge in [0.05, 0.1) is 6.54 Å². The lowest BCUT2D eigenvalue weighted by Crippen LogP contribution is -2.04. The molecule has 0 aliphatic rings. The van der Waals surface area contributed by atoms with Gasteiger partial charge in [0.15, 0.2) is 0 Å². The molecule has 2 aromatic rings. The molecule has 0 aliphatic carbocycles. The normalized spacial score (nSPS) is 11.1. The first kappa shape index (κ1) is 9.28. The van der Waals surface area contributed by atoms with Gasteiger partial charge in [-0.1, -0.05) is 18.2 Å². The minimum Gasteiger partial charge on any atom is -0.459 e. The number of hydrogen-bond donors (Lipinski definition) is 1. The van der Waals surface area contributed by atoms with Crippen molar-refractivity contribution >= 4 is 11.0 Å². The van der Waals surface area contributed by atoms with Crippen LogP contribution in [0.5, 0.6) is 0 Å². The zero-order valence-electron chi connectivity index (χ0n) is 8.85. The highest BCUT2D eigenvalue weighted by Gasteiger charge is 2.10. The van der Waals surface area contributed by atoms with Crippen LogP contribution in [0.2, 0.25) is 0 Å². The molecule has 2 heteroatoms. The molecule has 0 fully saturated rings. The van der Waals surface area contributed by atoms with Gasteiger partial charge in [0, 0.05) is 5.39 Å². The maximum absolute atomic E-state index is 5.81. The molecule has 0 unspecified atom stereocenters. The second-order valence-electron chi connectivity index (χ2n) is 3.63. The van der Waals surface area contributed by atoms with Crippen molar-refractivity contribution in [3.05, 3.63) is 35.1 Å². The standard InChI is InChI=1S/C12H15NO/c1-8-5-4-6-10-9(2)11(7-13-3)14-12(8)10/h4-6,13H,7H2,1-3H3. The molecule has 2 rings (SSSR count). The molecule has 1 N–H and O–H groups in total. The molecule has 0 amide bonds. The van der Waals surface area contributed by atoms with Crippen LogP contribution in [0, 0.1) is 13.8 Å². The van der Waals surface area contributed by atoms with Crippen LogP contribution in [0.4, 0.5) is 0 Å². The second-order valence-corrected chi connectivity index (χ2v) is 3.63. The summed E-state index contributed by atoms with van der Waals surface area (Å²) in [6, 6.07) is 6.26. The van der Waals surface area contributed by atoms with E-state index in [9.17, 15) is 0 Å². The van der Waals surface area contributed by atoms with Gasteiger partial charge in [-0.3, -0.25) is 0 Å². The lowest BCUT2D eigenvalue weighted by Gasteiger charge is -1.94. The van der Waals surface area contributed by atoms with Crippen molar-refractivity contribution < 1.29 is 4.42 Å². The number of benzene rings is 1. The van der Waals surface area contributed by atoms with Gasteiger partial charge in [0.25, 0.3) is 0 Å². The summed E-state index contributed by atoms with van der Waals surface area (Å²) in [5, 5.41) is 4.34. The maximum Gasteiger partial charge on any atom is 0.137 e. The average molecular weight is 189 g/mol. The number of furan rings is 1. The Balaban J connectivity index is 2.67. The first-order chi connectivity index (χ1) is 6.74. The molecule has 1 aromatic carbocycles. The molecule has 74 valence electrons. The van der Waals surface area contributed by atoms with E-state index in [-0.39, 0.29) is 0 Å². The van der Waals surface area contributed by atoms with Crippen LogP contribution in [0.25, 0.3) is 11.0 Å². The highest BCUT2D eigenvalue weighted by molar-refractivity contribution is 5.84. The maximum atomic E-state index is 5.81. The zero-order chi connectivity index (χ0) is 10.1. The van der Waals surface area contributed by atoms with E-state index in [1.165, 1.54) is 16.5 Å². The number of hydrogen-bond acceptors (Lipinski definition) is 2. The molecule has 0 spiro atoms. The summed E-state index contributed by atoms with van der Waals surface area (Å²) >= 11 is 0. The molecule has 0 atom stereocenters. The van der Waals surface area contributed by atoms with E-state index in [0.717, 1.165) is 17.9 Å². The Morgan fingerprint density at radius 3 is 2.71 bits per heavy atom. The fourth-order valence-electron chi connectivity index (χ4n) is 1.76. The first-order valence-corrected chi connectivity index (χ1v) is 4.86. The molecule has 1 aromatic heterocycles. The lowest BCUT2D eigenvalue weighted by atomic mass is 10.1. The van der Waals surface area contributed by atoms with E-state index < -0.39 is 0 Å². The van der Waals surface area contributed by atoms with Crippen molar-refractivity contribution in [2.75, 3.05) is 7.05 Å². The van der Waals surface area contributed by atoms with Crippen molar-refractivity contribution in [1.82, 2.24) is 5.32 Å². The van der Waals surface area contributed by atoms with Gasteiger partial charge in [-0.05, 0) is 32.0 Å². The highest BCUT2D eigenvalue weighted by atomic mass is 16.3. The van der Waals surface area contributed by atoms with Crippen molar-refractivity contribution in [2.24, 2.45) is 0 Å². The Labute approximate surface area is 83.9 Å². The largest absolute Gasteiger partial charge is 0.459 e. The third kappa shape index (κ3) is 1.32. The van der Waals surface area contributed by atoms with E-state index in [1.54, 1.807) is 0 Å². The number of rotatable bonds is 2. The number of para-hydroxylation sites is 1. The summed E-state index contributed by atoms with van der Waals surface area (Å²) in [6.45, 7) is 4.98. The van der Waals surface area contributed by atoms with E-state index in [2.05, 4.69) is 37.4 Å². The van der Waals surface area contributed by atoms with Gasteiger partial charge in [-0.15, -0.1) is 0 Å². The quantitative estimate of drug-likeness (QED) is 0.785. The van der Waals surface area contributed by atoms with Gasteiger partial charge in [-0.2, -0.15) is 0 Å². The van der Waals surface area contributed by atoms with Gasteiger partial charge >= 0.3 is 0 Å². The Kier molecular flexibility index (Phi) is 2.30. The van der Waals surface area contributed by atoms with E-state index >= 15 is 0 Å². The topological polar surface area (TPSA) is 25.2 Å². The number of nitrogens with one attached hydrogen (secondary N) is 1. The van der Waals surface area contributed by atoms with Crippen LogP contribution >= 0.6 is 0 Å². The first-order valence-electron chi connectivity index (χ1n) is 4.86. The van der Waals surface area contributed by atoms with Crippen molar-refractivity contribution in [3.63, 3.8) is 0 Å². The van der Waals surface area contributed by atoms with Gasteiger partial charge in [-0.25, -0.2) is 0 Å². The molecule has 1 heterocycles. The highest BCUT2D eigenvalue weighted by Crippen LogP contribution is 2.27. The second kappa shape index (κ2) is 3.46. The number of aryl methyl sites for hydroxylation is 2. The molecular formula is C12H15NO. The Bertz CT molecular complexity index is 457. The molecule has 0 saturated carbocycles. The molecular weight excluding hydrogens is 174 g/mol. The molecule has 0 saturated heterocycles. The molecule has 14 heavy (non-hydrogen) atoms. The van der Waals surface area contributed by atoms with Gasteiger partial charge in [0.1, 0.15) is 11.3 Å². The minimum atomic E-state index is 0.792. The number of fused-ring (bicyclic) bond motifs is 1. The molecule has 0 aliphatic heterocycles. The summed E-state index contributed by atoms with van der Waals surface area (Å²) in [6.07, 6.45) is 0. The Hall–Kier alpha value is -1.28. The average Bonchev–Trinajstić information content (AvgIpc) is 2.48. The fourth-order valence-corrected chi connectivity index (χ4v) is 1.76. The van der Waals surface area contributed by atoms with E-state index in [4.69, 9.17) is 4.42 Å². The van der Waals surface area contributed by atoms with Crippen LogP contribution < -0.4 is 5.32 Å². The lowest BCUT2D eigenvalue weighted by molar-refractivity contribution is 0.525. The van der Waals surface area contributed by atoms with Crippen LogP contribution in [-0.2, 0) is 6.54 Å². The Morgan fingerprint density at radius 1 is 1.29 bits per heavy atom. The SMILES string of the molecule is CNCc1oc2c(C)cccc2c1C. The molecule has 0 radical (unpaired) electrons. The van der Waals surface area contributed by atoms with Crippen LogP contribution in [0.15, 0.2) is 22.6 Å². The third-order valence-corrected chi connectivity index (χ3v) is 2.60. The van der Waals surface area contributed by atoms with E-state index in [0.29, 0.717) is 0 Å². The summed E-state index contributed by atoms with van der Waals surface area (Å²) in [5.41, 5.74) is 3.47. The van der Waals surface area contributed by atoms with Crippen LogP contribution in [0.3, 0.4) is 0 Å². The van der Waals surface area contributed by atoms with Gasteiger partial charge < -0.3 is 9.73 Å². The molecule has 0 bridgehead atoms. The van der Waals surface area contributed by atoms with Crippen LogP contribution in [-0.4, -0.2) is 7.05 Å². The predicted octanol–water partition coefficient (Wildman–Crippen LogP) is 2.77. The Morgan fingerprint density at radius 2 is 2.07 bits per heavy atom. The summed E-state index contributed by atoms with van der Waals surface area (Å²) in [4.78, 5) is 0. The fraction of sp³-hybridized carbons (Fsp3) is 0.333. The third-order valence-electron chi connectivity index (χ3n) is 2.60. The minimum absolute atomic E-state index is 0.792. The van der Waals surface area contributed by atoms with Crippen molar-refractivity contribution in [3.8, 4) is 0 Å². The smallest absolute Gasteiger partial charge is 0.137 e.